The molecule has 0 aliphatic carbocycles. The van der Waals surface area contributed by atoms with E-state index in [1.165, 1.54) is 0 Å². The van der Waals surface area contributed by atoms with Crippen LogP contribution < -0.4 is 11.1 Å². The number of aromatic nitrogens is 1. The lowest BCUT2D eigenvalue weighted by Gasteiger charge is -2.09. The van der Waals surface area contributed by atoms with Crippen LogP contribution in [0.1, 0.15) is 26.5 Å². The fourth-order valence-electron chi connectivity index (χ4n) is 1.95. The van der Waals surface area contributed by atoms with Gasteiger partial charge in [-0.2, -0.15) is 0 Å². The fraction of sp³-hybridized carbons (Fsp3) is 0.214. The van der Waals surface area contributed by atoms with Gasteiger partial charge in [-0.15, -0.1) is 0 Å². The van der Waals surface area contributed by atoms with E-state index in [0.29, 0.717) is 21.3 Å². The highest BCUT2D eigenvalue weighted by Gasteiger charge is 2.14. The van der Waals surface area contributed by atoms with Gasteiger partial charge in [0.2, 0.25) is 0 Å². The minimum atomic E-state index is -0.903. The second-order valence-corrected chi connectivity index (χ2v) is 5.52. The standard InChI is InChI=1S/C14H15N3O3S/c1-8-12(21-14(15)17-8)13(20)16-7-10-5-3-2-4-9(10)6-11(18)19/h2-5H,6-7H2,1H3,(H2,15,17)(H,16,20)(H,18,19). The van der Waals surface area contributed by atoms with Gasteiger partial charge in [0.05, 0.1) is 12.1 Å². The van der Waals surface area contributed by atoms with E-state index in [0.717, 1.165) is 16.9 Å². The zero-order chi connectivity index (χ0) is 15.4. The first-order chi connectivity index (χ1) is 9.97. The summed E-state index contributed by atoms with van der Waals surface area (Å²) in [6.45, 7) is 1.99. The quantitative estimate of drug-likeness (QED) is 0.778. The Hall–Kier alpha value is -2.41. The number of carbonyl (C=O) groups is 2. The van der Waals surface area contributed by atoms with Crippen LogP contribution in [-0.2, 0) is 17.8 Å². The second kappa shape index (κ2) is 6.36. The Labute approximate surface area is 125 Å². The monoisotopic (exact) mass is 305 g/mol. The number of nitrogens with one attached hydrogen (secondary N) is 1. The van der Waals surface area contributed by atoms with Gasteiger partial charge in [-0.1, -0.05) is 35.6 Å². The van der Waals surface area contributed by atoms with E-state index in [4.69, 9.17) is 10.8 Å². The molecule has 1 amide bonds. The van der Waals surface area contributed by atoms with Crippen LogP contribution in [0.25, 0.3) is 0 Å². The van der Waals surface area contributed by atoms with Gasteiger partial charge in [-0.25, -0.2) is 4.98 Å². The molecule has 0 saturated heterocycles. The Morgan fingerprint density at radius 1 is 1.33 bits per heavy atom. The van der Waals surface area contributed by atoms with Crippen molar-refractivity contribution in [3.8, 4) is 0 Å². The van der Waals surface area contributed by atoms with Crippen molar-refractivity contribution < 1.29 is 14.7 Å². The number of aliphatic carboxylic acids is 1. The van der Waals surface area contributed by atoms with Crippen molar-refractivity contribution in [2.45, 2.75) is 19.9 Å². The maximum atomic E-state index is 12.1. The Kier molecular flexibility index (Phi) is 4.54. The number of carbonyl (C=O) groups excluding carboxylic acids is 1. The number of anilines is 1. The van der Waals surface area contributed by atoms with E-state index >= 15 is 0 Å². The third kappa shape index (κ3) is 3.79. The highest BCUT2D eigenvalue weighted by Crippen LogP contribution is 2.19. The molecule has 0 bridgehead atoms. The number of amides is 1. The van der Waals surface area contributed by atoms with Crippen molar-refractivity contribution in [2.75, 3.05) is 5.73 Å². The highest BCUT2D eigenvalue weighted by atomic mass is 32.1. The van der Waals surface area contributed by atoms with Crippen molar-refractivity contribution >= 4 is 28.3 Å². The molecule has 2 rings (SSSR count). The molecule has 1 aromatic carbocycles. The maximum Gasteiger partial charge on any atom is 0.307 e. The summed E-state index contributed by atoms with van der Waals surface area (Å²) in [5.74, 6) is -1.16. The van der Waals surface area contributed by atoms with E-state index in [1.54, 1.807) is 25.1 Å². The van der Waals surface area contributed by atoms with Crippen LogP contribution in [0, 0.1) is 6.92 Å². The second-order valence-electron chi connectivity index (χ2n) is 4.49. The molecule has 4 N–H and O–H groups in total. The highest BCUT2D eigenvalue weighted by molar-refractivity contribution is 7.17. The third-order valence-corrected chi connectivity index (χ3v) is 3.90. The van der Waals surface area contributed by atoms with E-state index in [-0.39, 0.29) is 18.9 Å². The van der Waals surface area contributed by atoms with E-state index in [2.05, 4.69) is 10.3 Å². The number of thiazole rings is 1. The molecule has 1 aromatic heterocycles. The van der Waals surface area contributed by atoms with Crippen LogP contribution in [0.15, 0.2) is 24.3 Å². The van der Waals surface area contributed by atoms with Crippen LogP contribution >= 0.6 is 11.3 Å². The number of nitrogens with zero attached hydrogens (tertiary/aromatic N) is 1. The molecular weight excluding hydrogens is 290 g/mol. The Balaban J connectivity index is 2.08. The van der Waals surface area contributed by atoms with E-state index in [9.17, 15) is 9.59 Å². The molecule has 0 fully saturated rings. The van der Waals surface area contributed by atoms with Gasteiger partial charge in [0.1, 0.15) is 4.88 Å². The SMILES string of the molecule is Cc1nc(N)sc1C(=O)NCc1ccccc1CC(=O)O. The Morgan fingerprint density at radius 2 is 2.00 bits per heavy atom. The van der Waals surface area contributed by atoms with Crippen molar-refractivity contribution in [1.82, 2.24) is 10.3 Å². The molecule has 7 heteroatoms. The first-order valence-electron chi connectivity index (χ1n) is 6.27. The summed E-state index contributed by atoms with van der Waals surface area (Å²) in [5, 5.41) is 12.0. The summed E-state index contributed by atoms with van der Waals surface area (Å²) in [7, 11) is 0. The third-order valence-electron chi connectivity index (χ3n) is 2.92. The molecule has 0 spiro atoms. The van der Waals surface area contributed by atoms with Crippen LogP contribution in [0.3, 0.4) is 0 Å². The van der Waals surface area contributed by atoms with E-state index < -0.39 is 5.97 Å². The number of nitrogen functional groups attached to an aromatic ring is 1. The summed E-state index contributed by atoms with van der Waals surface area (Å²) in [6, 6.07) is 7.12. The average molecular weight is 305 g/mol. The average Bonchev–Trinajstić information content (AvgIpc) is 2.76. The predicted molar refractivity (Wildman–Crippen MR) is 80.2 cm³/mol. The molecule has 0 saturated carbocycles. The molecule has 0 atom stereocenters. The molecule has 0 unspecified atom stereocenters. The fourth-order valence-corrected chi connectivity index (χ4v) is 2.70. The first-order valence-corrected chi connectivity index (χ1v) is 7.08. The van der Waals surface area contributed by atoms with Gasteiger partial charge < -0.3 is 16.2 Å². The van der Waals surface area contributed by atoms with E-state index in [1.807, 2.05) is 6.07 Å². The molecular formula is C14H15N3O3S. The zero-order valence-electron chi connectivity index (χ0n) is 11.4. The molecule has 110 valence electrons. The first kappa shape index (κ1) is 15.0. The molecule has 0 radical (unpaired) electrons. The molecule has 0 aliphatic heterocycles. The van der Waals surface area contributed by atoms with Crippen LogP contribution in [0.5, 0.6) is 0 Å². The number of carboxylic acid groups (broad SMARTS) is 1. The lowest BCUT2D eigenvalue weighted by atomic mass is 10.0. The minimum absolute atomic E-state index is 0.0709. The van der Waals surface area contributed by atoms with Gasteiger partial charge in [-0.3, -0.25) is 9.59 Å². The van der Waals surface area contributed by atoms with Gasteiger partial charge in [-0.05, 0) is 18.1 Å². The molecule has 0 aliphatic rings. The number of carboxylic acids is 1. The molecule has 2 aromatic rings. The van der Waals surface area contributed by atoms with Gasteiger partial charge in [0.25, 0.3) is 5.91 Å². The summed E-state index contributed by atoms with van der Waals surface area (Å²) in [5.41, 5.74) is 7.62. The maximum absolute atomic E-state index is 12.1. The summed E-state index contributed by atoms with van der Waals surface area (Å²) in [6.07, 6.45) is -0.0709. The Morgan fingerprint density at radius 3 is 2.57 bits per heavy atom. The predicted octanol–water partition coefficient (Wildman–Crippen LogP) is 1.59. The Bertz CT molecular complexity index is 682. The van der Waals surface area contributed by atoms with Crippen LogP contribution in [0.2, 0.25) is 0 Å². The number of aryl methyl sites for hydroxylation is 1. The zero-order valence-corrected chi connectivity index (χ0v) is 12.2. The largest absolute Gasteiger partial charge is 0.481 e. The summed E-state index contributed by atoms with van der Waals surface area (Å²) in [4.78, 5) is 27.4. The van der Waals surface area contributed by atoms with Gasteiger partial charge >= 0.3 is 5.97 Å². The number of benzene rings is 1. The number of rotatable bonds is 5. The number of nitrogens with two attached hydrogens (primary N) is 1. The number of hydrogen-bond acceptors (Lipinski definition) is 5. The smallest absolute Gasteiger partial charge is 0.307 e. The molecule has 1 heterocycles. The lowest BCUT2D eigenvalue weighted by molar-refractivity contribution is -0.136. The minimum Gasteiger partial charge on any atom is -0.481 e. The van der Waals surface area contributed by atoms with Gasteiger partial charge in [0.15, 0.2) is 5.13 Å². The summed E-state index contributed by atoms with van der Waals surface area (Å²) < 4.78 is 0. The topological polar surface area (TPSA) is 105 Å². The summed E-state index contributed by atoms with van der Waals surface area (Å²) >= 11 is 1.13. The van der Waals surface area contributed by atoms with Crippen LogP contribution in [-0.4, -0.2) is 22.0 Å². The van der Waals surface area contributed by atoms with Crippen LogP contribution in [0.4, 0.5) is 5.13 Å². The van der Waals surface area contributed by atoms with Crippen molar-refractivity contribution in [3.05, 3.63) is 46.0 Å². The van der Waals surface area contributed by atoms with Crippen molar-refractivity contribution in [1.29, 1.82) is 0 Å². The number of hydrogen-bond donors (Lipinski definition) is 3. The van der Waals surface area contributed by atoms with Crippen molar-refractivity contribution in [3.63, 3.8) is 0 Å². The molecule has 6 nitrogen and oxygen atoms in total. The molecule has 21 heavy (non-hydrogen) atoms. The van der Waals surface area contributed by atoms with Crippen molar-refractivity contribution in [2.24, 2.45) is 0 Å². The normalized spacial score (nSPS) is 10.3. The van der Waals surface area contributed by atoms with Gasteiger partial charge in [0, 0.05) is 6.54 Å². The lowest BCUT2D eigenvalue weighted by Crippen LogP contribution is -2.23.